The molecule has 0 saturated heterocycles. The molecule has 0 heterocycles. The van der Waals surface area contributed by atoms with Crippen LogP contribution in [0.3, 0.4) is 0 Å². The quantitative estimate of drug-likeness (QED) is 0.184. The molecule has 8 heteroatoms. The summed E-state index contributed by atoms with van der Waals surface area (Å²) in [5.74, 6) is -0.463. The summed E-state index contributed by atoms with van der Waals surface area (Å²) in [6.07, 6.45) is 6.34. The highest BCUT2D eigenvalue weighted by molar-refractivity contribution is 6.21. The SMILES string of the molecule is CCCCCCCCOC1CCC(C(=O)OC2CCC(OCC(F)(F)F)CC2)CC1Cl. The van der Waals surface area contributed by atoms with Crippen molar-refractivity contribution in [3.8, 4) is 0 Å². The molecule has 0 amide bonds. The zero-order valence-corrected chi connectivity index (χ0v) is 19.4. The average molecular weight is 471 g/mol. The first-order valence-corrected chi connectivity index (χ1v) is 12.4. The van der Waals surface area contributed by atoms with Gasteiger partial charge in [0.1, 0.15) is 12.7 Å². The van der Waals surface area contributed by atoms with Gasteiger partial charge in [0.2, 0.25) is 0 Å². The first kappa shape index (κ1) is 26.7. The molecule has 3 unspecified atom stereocenters. The van der Waals surface area contributed by atoms with Crippen molar-refractivity contribution in [1.29, 1.82) is 0 Å². The van der Waals surface area contributed by atoms with Crippen LogP contribution < -0.4 is 0 Å². The molecule has 0 aromatic heterocycles. The number of hydrogen-bond acceptors (Lipinski definition) is 4. The highest BCUT2D eigenvalue weighted by atomic mass is 35.5. The van der Waals surface area contributed by atoms with Crippen molar-refractivity contribution in [3.05, 3.63) is 0 Å². The van der Waals surface area contributed by atoms with Gasteiger partial charge in [-0.05, 0) is 51.4 Å². The number of halogens is 4. The minimum atomic E-state index is -4.31. The van der Waals surface area contributed by atoms with Gasteiger partial charge >= 0.3 is 12.1 Å². The standard InChI is InChI=1S/C23H38ClF3O4/c1-2-3-4-5-6-7-14-29-21-13-8-17(15-20(21)24)22(28)31-19-11-9-18(10-12-19)30-16-23(25,26)27/h17-21H,2-16H2,1H3. The molecule has 0 aliphatic heterocycles. The van der Waals surface area contributed by atoms with Gasteiger partial charge in [-0.25, -0.2) is 0 Å². The van der Waals surface area contributed by atoms with E-state index in [0.717, 1.165) is 19.4 Å². The Labute approximate surface area is 189 Å². The molecule has 2 rings (SSSR count). The fourth-order valence-electron chi connectivity index (χ4n) is 4.40. The van der Waals surface area contributed by atoms with Gasteiger partial charge in [0.05, 0.1) is 23.5 Å². The van der Waals surface area contributed by atoms with Crippen LogP contribution in [-0.4, -0.2) is 49.0 Å². The predicted molar refractivity (Wildman–Crippen MR) is 114 cm³/mol. The van der Waals surface area contributed by atoms with Crippen LogP contribution >= 0.6 is 11.6 Å². The third-order valence-corrected chi connectivity index (χ3v) is 6.72. The number of carbonyl (C=O) groups excluding carboxylic acids is 1. The number of carbonyl (C=O) groups is 1. The third-order valence-electron chi connectivity index (χ3n) is 6.26. The second-order valence-electron chi connectivity index (χ2n) is 8.96. The Hall–Kier alpha value is -0.530. The van der Waals surface area contributed by atoms with Crippen molar-refractivity contribution in [2.45, 2.75) is 120 Å². The van der Waals surface area contributed by atoms with Gasteiger partial charge in [-0.1, -0.05) is 39.0 Å². The Bertz CT molecular complexity index is 510. The minimum absolute atomic E-state index is 0.0115. The zero-order chi connectivity index (χ0) is 22.7. The number of unbranched alkanes of at least 4 members (excludes halogenated alkanes) is 5. The van der Waals surface area contributed by atoms with E-state index in [1.807, 2.05) is 0 Å². The van der Waals surface area contributed by atoms with E-state index < -0.39 is 18.9 Å². The molecule has 0 N–H and O–H groups in total. The van der Waals surface area contributed by atoms with Crippen LogP contribution in [0.1, 0.15) is 90.4 Å². The van der Waals surface area contributed by atoms with Crippen LogP contribution in [0.5, 0.6) is 0 Å². The normalized spacial score (nSPS) is 29.6. The molecule has 182 valence electrons. The number of rotatable bonds is 12. The van der Waals surface area contributed by atoms with E-state index in [0.29, 0.717) is 38.5 Å². The van der Waals surface area contributed by atoms with Gasteiger partial charge in [-0.2, -0.15) is 13.2 Å². The van der Waals surface area contributed by atoms with Crippen molar-refractivity contribution < 1.29 is 32.2 Å². The van der Waals surface area contributed by atoms with Gasteiger partial charge < -0.3 is 14.2 Å². The minimum Gasteiger partial charge on any atom is -0.462 e. The van der Waals surface area contributed by atoms with Crippen molar-refractivity contribution >= 4 is 17.6 Å². The van der Waals surface area contributed by atoms with Crippen molar-refractivity contribution in [2.75, 3.05) is 13.2 Å². The van der Waals surface area contributed by atoms with Crippen molar-refractivity contribution in [2.24, 2.45) is 5.92 Å². The summed E-state index contributed by atoms with van der Waals surface area (Å²) in [5.41, 5.74) is 0. The van der Waals surface area contributed by atoms with E-state index >= 15 is 0 Å². The fourth-order valence-corrected chi connectivity index (χ4v) is 4.81. The van der Waals surface area contributed by atoms with Gasteiger partial charge in [-0.15, -0.1) is 11.6 Å². The lowest BCUT2D eigenvalue weighted by Gasteiger charge is -2.33. The average Bonchev–Trinajstić information content (AvgIpc) is 2.73. The van der Waals surface area contributed by atoms with E-state index in [-0.39, 0.29) is 29.5 Å². The Morgan fingerprint density at radius 2 is 1.55 bits per heavy atom. The highest BCUT2D eigenvalue weighted by Gasteiger charge is 2.36. The molecule has 2 fully saturated rings. The summed E-state index contributed by atoms with van der Waals surface area (Å²) in [6, 6.07) is 0. The maximum Gasteiger partial charge on any atom is 0.411 e. The highest BCUT2D eigenvalue weighted by Crippen LogP contribution is 2.33. The summed E-state index contributed by atoms with van der Waals surface area (Å²) < 4.78 is 53.3. The number of ether oxygens (including phenoxy) is 3. The Kier molecular flexibility index (Phi) is 12.0. The smallest absolute Gasteiger partial charge is 0.411 e. The van der Waals surface area contributed by atoms with Crippen molar-refractivity contribution in [1.82, 2.24) is 0 Å². The van der Waals surface area contributed by atoms with Crippen LogP contribution in [0.2, 0.25) is 0 Å². The molecule has 4 nitrogen and oxygen atoms in total. The fraction of sp³-hybridized carbons (Fsp3) is 0.957. The van der Waals surface area contributed by atoms with Gasteiger partial charge in [-0.3, -0.25) is 4.79 Å². The lowest BCUT2D eigenvalue weighted by molar-refractivity contribution is -0.190. The summed E-state index contributed by atoms with van der Waals surface area (Å²) in [6.45, 7) is 1.70. The molecule has 0 radical (unpaired) electrons. The first-order valence-electron chi connectivity index (χ1n) is 11.9. The van der Waals surface area contributed by atoms with Crippen LogP contribution in [-0.2, 0) is 19.0 Å². The molecule has 2 saturated carbocycles. The largest absolute Gasteiger partial charge is 0.462 e. The molecule has 0 aromatic carbocycles. The third kappa shape index (κ3) is 10.8. The maximum atomic E-state index is 12.5. The Morgan fingerprint density at radius 3 is 2.19 bits per heavy atom. The number of hydrogen-bond donors (Lipinski definition) is 0. The zero-order valence-electron chi connectivity index (χ0n) is 18.6. The van der Waals surface area contributed by atoms with E-state index in [1.54, 1.807) is 0 Å². The summed E-state index contributed by atoms with van der Waals surface area (Å²) in [4.78, 5) is 12.5. The second kappa shape index (κ2) is 13.9. The molecule has 2 aliphatic rings. The van der Waals surface area contributed by atoms with Gasteiger partial charge in [0.15, 0.2) is 0 Å². The second-order valence-corrected chi connectivity index (χ2v) is 9.53. The van der Waals surface area contributed by atoms with Crippen LogP contribution in [0.25, 0.3) is 0 Å². The number of esters is 1. The van der Waals surface area contributed by atoms with Crippen LogP contribution in [0.4, 0.5) is 13.2 Å². The molecule has 0 bridgehead atoms. The van der Waals surface area contributed by atoms with E-state index in [2.05, 4.69) is 6.92 Å². The van der Waals surface area contributed by atoms with Crippen LogP contribution in [0, 0.1) is 5.92 Å². The summed E-state index contributed by atoms with van der Waals surface area (Å²) >= 11 is 6.50. The molecule has 2 aliphatic carbocycles. The number of alkyl halides is 4. The van der Waals surface area contributed by atoms with Crippen LogP contribution in [0.15, 0.2) is 0 Å². The van der Waals surface area contributed by atoms with E-state index in [4.69, 9.17) is 25.8 Å². The molecule has 3 atom stereocenters. The molecular formula is C23H38ClF3O4. The Balaban J connectivity index is 1.59. The monoisotopic (exact) mass is 470 g/mol. The lowest BCUT2D eigenvalue weighted by Crippen LogP contribution is -2.38. The maximum absolute atomic E-state index is 12.5. The van der Waals surface area contributed by atoms with Gasteiger partial charge in [0, 0.05) is 6.61 Å². The predicted octanol–water partition coefficient (Wildman–Crippen LogP) is 6.57. The summed E-state index contributed by atoms with van der Waals surface area (Å²) in [5, 5.41) is -0.196. The molecule has 0 spiro atoms. The molecule has 0 aromatic rings. The van der Waals surface area contributed by atoms with Crippen molar-refractivity contribution in [3.63, 3.8) is 0 Å². The van der Waals surface area contributed by atoms with Gasteiger partial charge in [0.25, 0.3) is 0 Å². The Morgan fingerprint density at radius 1 is 0.903 bits per heavy atom. The summed E-state index contributed by atoms with van der Waals surface area (Å²) in [7, 11) is 0. The lowest BCUT2D eigenvalue weighted by atomic mass is 9.86. The molecular weight excluding hydrogens is 433 g/mol. The topological polar surface area (TPSA) is 44.8 Å². The van der Waals surface area contributed by atoms with E-state index in [1.165, 1.54) is 32.1 Å². The van der Waals surface area contributed by atoms with E-state index in [9.17, 15) is 18.0 Å². The molecule has 31 heavy (non-hydrogen) atoms. The first-order chi connectivity index (χ1) is 14.8.